The molecule has 0 spiro atoms. The summed E-state index contributed by atoms with van der Waals surface area (Å²) in [5.41, 5.74) is 1.80. The molecule has 3 rings (SSSR count). The van der Waals surface area contributed by atoms with Gasteiger partial charge in [0.15, 0.2) is 0 Å². The standard InChI is InChI=1S/C21H28N2O2S/c1-16(13-17-7-2-3-8-17)22-14-18-9-4-5-11-20(18)23(21(24)25)15-19-10-6-12-26-19/h4-6,9-12,16-17,22H,2-3,7-8,13-15H2,1H3,(H,24,25)/t16-/m0/s1. The maximum absolute atomic E-state index is 11.9. The predicted molar refractivity (Wildman–Crippen MR) is 108 cm³/mol. The summed E-state index contributed by atoms with van der Waals surface area (Å²) in [6, 6.07) is 12.2. The van der Waals surface area contributed by atoms with Gasteiger partial charge >= 0.3 is 6.09 Å². The number of carbonyl (C=O) groups is 1. The average molecular weight is 373 g/mol. The molecular formula is C21H28N2O2S. The van der Waals surface area contributed by atoms with Crippen LogP contribution in [0.2, 0.25) is 0 Å². The molecule has 1 saturated carbocycles. The van der Waals surface area contributed by atoms with Gasteiger partial charge in [-0.05, 0) is 42.3 Å². The Morgan fingerprint density at radius 1 is 1.27 bits per heavy atom. The van der Waals surface area contributed by atoms with Gasteiger partial charge in [-0.3, -0.25) is 4.90 Å². The van der Waals surface area contributed by atoms with Crippen LogP contribution in [0.1, 0.15) is 49.5 Å². The molecule has 0 radical (unpaired) electrons. The highest BCUT2D eigenvalue weighted by Crippen LogP contribution is 2.29. The second-order valence-corrected chi connectivity index (χ2v) is 8.28. The minimum atomic E-state index is -0.912. The third kappa shape index (κ3) is 5.08. The van der Waals surface area contributed by atoms with Gasteiger partial charge in [0, 0.05) is 17.5 Å². The maximum atomic E-state index is 11.9. The van der Waals surface area contributed by atoms with Crippen LogP contribution in [0.4, 0.5) is 10.5 Å². The fourth-order valence-electron chi connectivity index (χ4n) is 3.85. The second-order valence-electron chi connectivity index (χ2n) is 7.24. The van der Waals surface area contributed by atoms with Gasteiger partial charge in [0.1, 0.15) is 0 Å². The number of carboxylic acid groups (broad SMARTS) is 1. The number of rotatable bonds is 8. The molecule has 26 heavy (non-hydrogen) atoms. The molecule has 1 heterocycles. The van der Waals surface area contributed by atoms with E-state index in [4.69, 9.17) is 0 Å². The summed E-state index contributed by atoms with van der Waals surface area (Å²) in [5.74, 6) is 0.849. The summed E-state index contributed by atoms with van der Waals surface area (Å²) < 4.78 is 0. The lowest BCUT2D eigenvalue weighted by Gasteiger charge is -2.23. The van der Waals surface area contributed by atoms with E-state index in [1.807, 2.05) is 41.8 Å². The zero-order valence-corrected chi connectivity index (χ0v) is 16.2. The maximum Gasteiger partial charge on any atom is 0.412 e. The third-order valence-corrected chi connectivity index (χ3v) is 6.07. The van der Waals surface area contributed by atoms with E-state index in [0.29, 0.717) is 19.1 Å². The van der Waals surface area contributed by atoms with Crippen LogP contribution in [-0.4, -0.2) is 17.2 Å². The zero-order chi connectivity index (χ0) is 18.4. The first-order valence-electron chi connectivity index (χ1n) is 9.47. The smallest absolute Gasteiger partial charge is 0.412 e. The Hall–Kier alpha value is -1.85. The van der Waals surface area contributed by atoms with Crippen LogP contribution in [0.15, 0.2) is 41.8 Å². The van der Waals surface area contributed by atoms with Crippen molar-refractivity contribution in [2.24, 2.45) is 5.92 Å². The van der Waals surface area contributed by atoms with Crippen LogP contribution < -0.4 is 10.2 Å². The molecule has 1 fully saturated rings. The van der Waals surface area contributed by atoms with Gasteiger partial charge in [-0.25, -0.2) is 4.79 Å². The Morgan fingerprint density at radius 2 is 2.04 bits per heavy atom. The molecule has 0 unspecified atom stereocenters. The van der Waals surface area contributed by atoms with Gasteiger partial charge in [-0.1, -0.05) is 49.9 Å². The Balaban J connectivity index is 1.66. The Labute approximate surface area is 159 Å². The molecule has 5 heteroatoms. The molecule has 4 nitrogen and oxygen atoms in total. The summed E-state index contributed by atoms with van der Waals surface area (Å²) in [5, 5.41) is 15.3. The topological polar surface area (TPSA) is 52.6 Å². The molecule has 1 amide bonds. The van der Waals surface area contributed by atoms with Crippen LogP contribution in [0.25, 0.3) is 0 Å². The fourth-order valence-corrected chi connectivity index (χ4v) is 4.54. The van der Waals surface area contributed by atoms with Crippen molar-refractivity contribution >= 4 is 23.1 Å². The van der Waals surface area contributed by atoms with Crippen molar-refractivity contribution in [2.75, 3.05) is 4.90 Å². The highest BCUT2D eigenvalue weighted by Gasteiger charge is 2.20. The Morgan fingerprint density at radius 3 is 2.73 bits per heavy atom. The molecule has 2 N–H and O–H groups in total. The number of thiophene rings is 1. The van der Waals surface area contributed by atoms with Crippen LogP contribution in [0.3, 0.4) is 0 Å². The van der Waals surface area contributed by atoms with E-state index in [-0.39, 0.29) is 0 Å². The number of anilines is 1. The number of benzene rings is 1. The summed E-state index contributed by atoms with van der Waals surface area (Å²) in [7, 11) is 0. The van der Waals surface area contributed by atoms with Gasteiger partial charge < -0.3 is 10.4 Å². The lowest BCUT2D eigenvalue weighted by Crippen LogP contribution is -2.31. The van der Waals surface area contributed by atoms with E-state index in [1.54, 1.807) is 11.3 Å². The number of para-hydroxylation sites is 1. The Bertz CT molecular complexity index is 696. The van der Waals surface area contributed by atoms with Crippen molar-refractivity contribution in [3.05, 3.63) is 52.2 Å². The van der Waals surface area contributed by atoms with Crippen molar-refractivity contribution in [3.8, 4) is 0 Å². The van der Waals surface area contributed by atoms with Crippen molar-refractivity contribution in [1.82, 2.24) is 5.32 Å². The van der Waals surface area contributed by atoms with Gasteiger partial charge in [-0.2, -0.15) is 0 Å². The molecule has 1 aromatic carbocycles. The summed E-state index contributed by atoms with van der Waals surface area (Å²) in [4.78, 5) is 14.4. The van der Waals surface area contributed by atoms with E-state index in [2.05, 4.69) is 12.2 Å². The molecule has 1 atom stereocenters. The monoisotopic (exact) mass is 372 g/mol. The first-order valence-corrected chi connectivity index (χ1v) is 10.4. The molecule has 1 aromatic heterocycles. The number of hydrogen-bond acceptors (Lipinski definition) is 3. The lowest BCUT2D eigenvalue weighted by molar-refractivity contribution is 0.201. The summed E-state index contributed by atoms with van der Waals surface area (Å²) in [6.07, 6.45) is 5.75. The largest absolute Gasteiger partial charge is 0.465 e. The lowest BCUT2D eigenvalue weighted by atomic mass is 9.99. The van der Waals surface area contributed by atoms with Crippen LogP contribution in [0.5, 0.6) is 0 Å². The SMILES string of the molecule is C[C@@H](CC1CCCC1)NCc1ccccc1N(Cc1cccs1)C(=O)O. The second kappa shape index (κ2) is 9.19. The summed E-state index contributed by atoms with van der Waals surface area (Å²) in [6.45, 7) is 3.32. The number of hydrogen-bond donors (Lipinski definition) is 2. The van der Waals surface area contributed by atoms with Crippen LogP contribution >= 0.6 is 11.3 Å². The van der Waals surface area contributed by atoms with E-state index >= 15 is 0 Å². The highest BCUT2D eigenvalue weighted by atomic mass is 32.1. The normalized spacial score (nSPS) is 15.9. The number of nitrogens with zero attached hydrogens (tertiary/aromatic N) is 1. The first-order chi connectivity index (χ1) is 12.6. The average Bonchev–Trinajstić information content (AvgIpc) is 3.32. The van der Waals surface area contributed by atoms with Crippen LogP contribution in [-0.2, 0) is 13.1 Å². The molecule has 2 aromatic rings. The molecule has 140 valence electrons. The molecule has 0 saturated heterocycles. The van der Waals surface area contributed by atoms with Crippen LogP contribution in [0, 0.1) is 5.92 Å². The van der Waals surface area contributed by atoms with Crippen molar-refractivity contribution in [3.63, 3.8) is 0 Å². The minimum Gasteiger partial charge on any atom is -0.465 e. The number of nitrogens with one attached hydrogen (secondary N) is 1. The van der Waals surface area contributed by atoms with E-state index in [9.17, 15) is 9.90 Å². The fraction of sp³-hybridized carbons (Fsp3) is 0.476. The van der Waals surface area contributed by atoms with E-state index < -0.39 is 6.09 Å². The predicted octanol–water partition coefficient (Wildman–Crippen LogP) is 5.49. The van der Waals surface area contributed by atoms with Gasteiger partial charge in [0.05, 0.1) is 12.2 Å². The van der Waals surface area contributed by atoms with Gasteiger partial charge in [0.2, 0.25) is 0 Å². The quantitative estimate of drug-likeness (QED) is 0.644. The highest BCUT2D eigenvalue weighted by molar-refractivity contribution is 7.09. The van der Waals surface area contributed by atoms with E-state index in [1.165, 1.54) is 37.0 Å². The first kappa shape index (κ1) is 18.9. The molecule has 0 bridgehead atoms. The Kier molecular flexibility index (Phi) is 6.69. The third-order valence-electron chi connectivity index (χ3n) is 5.21. The molecule has 1 aliphatic rings. The minimum absolute atomic E-state index is 0.391. The molecular weight excluding hydrogens is 344 g/mol. The van der Waals surface area contributed by atoms with Crippen molar-refractivity contribution in [1.29, 1.82) is 0 Å². The molecule has 1 aliphatic carbocycles. The molecule has 0 aliphatic heterocycles. The van der Waals surface area contributed by atoms with Crippen molar-refractivity contribution in [2.45, 2.75) is 58.2 Å². The summed E-state index contributed by atoms with van der Waals surface area (Å²) >= 11 is 1.58. The van der Waals surface area contributed by atoms with Gasteiger partial charge in [0.25, 0.3) is 0 Å². The zero-order valence-electron chi connectivity index (χ0n) is 15.4. The van der Waals surface area contributed by atoms with E-state index in [0.717, 1.165) is 22.0 Å². The van der Waals surface area contributed by atoms with Gasteiger partial charge in [-0.15, -0.1) is 11.3 Å². The number of amides is 1. The van der Waals surface area contributed by atoms with Crippen molar-refractivity contribution < 1.29 is 9.90 Å².